The van der Waals surface area contributed by atoms with Crippen molar-refractivity contribution in [3.05, 3.63) is 82.9 Å². The zero-order chi connectivity index (χ0) is 18.5. The molecule has 0 fully saturated rings. The summed E-state index contributed by atoms with van der Waals surface area (Å²) in [6.45, 7) is 0. The van der Waals surface area contributed by atoms with Crippen LogP contribution in [0.15, 0.2) is 60.7 Å². The van der Waals surface area contributed by atoms with Crippen molar-refractivity contribution in [1.29, 1.82) is 0 Å². The van der Waals surface area contributed by atoms with E-state index in [1.54, 1.807) is 18.2 Å². The second-order valence-electron chi connectivity index (χ2n) is 5.49. The lowest BCUT2D eigenvalue weighted by atomic mass is 9.94. The lowest BCUT2D eigenvalue weighted by Gasteiger charge is -2.12. The Morgan fingerprint density at radius 3 is 2.04 bits per heavy atom. The fourth-order valence-electron chi connectivity index (χ4n) is 2.73. The van der Waals surface area contributed by atoms with E-state index in [0.717, 1.165) is 10.9 Å². The molecule has 3 aromatic rings. The Kier molecular flexibility index (Phi) is 5.00. The number of carbonyl (C=O) groups excluding carboxylic acids is 2. The fraction of sp³-hybridized carbons (Fsp3) is 0.0909. The van der Waals surface area contributed by atoms with Crippen molar-refractivity contribution in [2.45, 2.75) is 0 Å². The van der Waals surface area contributed by atoms with Gasteiger partial charge >= 0.3 is 11.9 Å². The molecule has 128 valence electrons. The summed E-state index contributed by atoms with van der Waals surface area (Å²) in [7, 11) is 2.55. The van der Waals surface area contributed by atoms with E-state index in [-0.39, 0.29) is 11.1 Å². The molecule has 0 heterocycles. The third kappa shape index (κ3) is 3.28. The topological polar surface area (TPSA) is 52.6 Å². The molecule has 0 unspecified atom stereocenters. The minimum Gasteiger partial charge on any atom is -0.465 e. The Balaban J connectivity index is 2.29. The van der Waals surface area contributed by atoms with Crippen molar-refractivity contribution in [1.82, 2.24) is 0 Å². The van der Waals surface area contributed by atoms with E-state index in [9.17, 15) is 9.59 Å². The summed E-state index contributed by atoms with van der Waals surface area (Å²) < 4.78 is 9.71. The van der Waals surface area contributed by atoms with Crippen LogP contribution in [0.3, 0.4) is 0 Å². The second kappa shape index (κ2) is 7.54. The maximum atomic E-state index is 12.3. The molecule has 4 nitrogen and oxygen atoms in total. The average Bonchev–Trinajstić information content (AvgIpc) is 2.71. The van der Waals surface area contributed by atoms with Gasteiger partial charge in [0.1, 0.15) is 0 Å². The van der Waals surface area contributed by atoms with Crippen molar-refractivity contribution in [2.75, 3.05) is 14.2 Å². The molecule has 0 saturated heterocycles. The first-order valence-electron chi connectivity index (χ1n) is 7.95. The Morgan fingerprint density at radius 2 is 1.38 bits per heavy atom. The molecule has 3 rings (SSSR count). The summed E-state index contributed by atoms with van der Waals surface area (Å²) in [6, 6.07) is 18.4. The van der Waals surface area contributed by atoms with Gasteiger partial charge in [0.25, 0.3) is 0 Å². The smallest absolute Gasteiger partial charge is 0.339 e. The minimum atomic E-state index is -0.612. The van der Waals surface area contributed by atoms with E-state index in [4.69, 9.17) is 9.47 Å². The van der Waals surface area contributed by atoms with Gasteiger partial charge in [-0.3, -0.25) is 0 Å². The number of esters is 2. The van der Waals surface area contributed by atoms with Gasteiger partial charge in [0, 0.05) is 11.1 Å². The monoisotopic (exact) mass is 344 g/mol. The molecule has 0 aliphatic heterocycles. The molecule has 0 aliphatic carbocycles. The number of carbonyl (C=O) groups is 2. The maximum Gasteiger partial charge on any atom is 0.339 e. The number of hydrogen-bond acceptors (Lipinski definition) is 4. The molecule has 0 saturated carbocycles. The highest BCUT2D eigenvalue weighted by molar-refractivity contribution is 6.14. The van der Waals surface area contributed by atoms with Crippen LogP contribution in [0, 0.1) is 11.8 Å². The molecule has 3 aromatic carbocycles. The fourth-order valence-corrected chi connectivity index (χ4v) is 2.73. The van der Waals surface area contributed by atoms with Gasteiger partial charge in [-0.05, 0) is 29.0 Å². The van der Waals surface area contributed by atoms with Gasteiger partial charge in [-0.25, -0.2) is 9.59 Å². The lowest BCUT2D eigenvalue weighted by molar-refractivity contribution is 0.0557. The zero-order valence-electron chi connectivity index (χ0n) is 14.4. The van der Waals surface area contributed by atoms with E-state index in [1.165, 1.54) is 14.2 Å². The molecular weight excluding hydrogens is 328 g/mol. The Morgan fingerprint density at radius 1 is 0.769 bits per heavy atom. The zero-order valence-corrected chi connectivity index (χ0v) is 14.4. The van der Waals surface area contributed by atoms with Crippen LogP contribution in [0.4, 0.5) is 0 Å². The SMILES string of the molecule is COC(=O)c1cc(C#Cc2ccccc2)c2ccccc2c1C(=O)OC. The van der Waals surface area contributed by atoms with Gasteiger partial charge in [-0.2, -0.15) is 0 Å². The van der Waals surface area contributed by atoms with Crippen molar-refractivity contribution in [2.24, 2.45) is 0 Å². The van der Waals surface area contributed by atoms with E-state index in [2.05, 4.69) is 11.8 Å². The quantitative estimate of drug-likeness (QED) is 0.524. The van der Waals surface area contributed by atoms with Gasteiger partial charge in [-0.15, -0.1) is 0 Å². The van der Waals surface area contributed by atoms with Gasteiger partial charge in [0.2, 0.25) is 0 Å². The number of ether oxygens (including phenoxy) is 2. The van der Waals surface area contributed by atoms with Crippen molar-refractivity contribution in [3.8, 4) is 11.8 Å². The Bertz CT molecular complexity index is 1040. The first-order chi connectivity index (χ1) is 12.7. The summed E-state index contributed by atoms with van der Waals surface area (Å²) >= 11 is 0. The molecule has 0 spiro atoms. The van der Waals surface area contributed by atoms with E-state index >= 15 is 0 Å². The normalized spacial score (nSPS) is 9.92. The molecule has 0 N–H and O–H groups in total. The summed E-state index contributed by atoms with van der Waals surface area (Å²) in [5.74, 6) is 4.97. The second-order valence-corrected chi connectivity index (χ2v) is 5.49. The standard InChI is InChI=1S/C22H16O4/c1-25-21(23)19-14-16(13-12-15-8-4-3-5-9-15)17-10-6-7-11-18(17)20(19)22(24)26-2/h3-11,14H,1-2H3. The summed E-state index contributed by atoms with van der Waals surface area (Å²) in [4.78, 5) is 24.5. The van der Waals surface area contributed by atoms with E-state index in [1.807, 2.05) is 42.5 Å². The predicted molar refractivity (Wildman–Crippen MR) is 99.0 cm³/mol. The molecule has 0 bridgehead atoms. The maximum absolute atomic E-state index is 12.3. The highest BCUT2D eigenvalue weighted by Crippen LogP contribution is 2.27. The van der Waals surface area contributed by atoms with Gasteiger partial charge < -0.3 is 9.47 Å². The molecule has 0 amide bonds. The first-order valence-corrected chi connectivity index (χ1v) is 7.95. The van der Waals surface area contributed by atoms with Gasteiger partial charge in [0.15, 0.2) is 0 Å². The molecule has 4 heteroatoms. The largest absolute Gasteiger partial charge is 0.465 e. The number of hydrogen-bond donors (Lipinski definition) is 0. The molecule has 0 radical (unpaired) electrons. The van der Waals surface area contributed by atoms with Crippen molar-refractivity contribution < 1.29 is 19.1 Å². The number of methoxy groups -OCH3 is 2. The summed E-state index contributed by atoms with van der Waals surface area (Å²) in [6.07, 6.45) is 0. The van der Waals surface area contributed by atoms with E-state index in [0.29, 0.717) is 10.9 Å². The van der Waals surface area contributed by atoms with E-state index < -0.39 is 11.9 Å². The van der Waals surface area contributed by atoms with Gasteiger partial charge in [-0.1, -0.05) is 54.3 Å². The molecular formula is C22H16O4. The highest BCUT2D eigenvalue weighted by atomic mass is 16.5. The number of fused-ring (bicyclic) bond motifs is 1. The number of benzene rings is 3. The summed E-state index contributed by atoms with van der Waals surface area (Å²) in [5.41, 5.74) is 1.81. The third-order valence-electron chi connectivity index (χ3n) is 3.95. The molecule has 0 aliphatic rings. The van der Waals surface area contributed by atoms with Crippen LogP contribution in [0.5, 0.6) is 0 Å². The number of rotatable bonds is 2. The van der Waals surface area contributed by atoms with Crippen LogP contribution in [-0.2, 0) is 9.47 Å². The van der Waals surface area contributed by atoms with Crippen LogP contribution >= 0.6 is 0 Å². The first kappa shape index (κ1) is 17.2. The minimum absolute atomic E-state index is 0.135. The Hall–Kier alpha value is -3.58. The molecule has 0 aromatic heterocycles. The van der Waals surface area contributed by atoms with Crippen molar-refractivity contribution in [3.63, 3.8) is 0 Å². The molecule has 26 heavy (non-hydrogen) atoms. The molecule has 0 atom stereocenters. The van der Waals surface area contributed by atoms with Crippen LogP contribution in [0.1, 0.15) is 31.8 Å². The lowest BCUT2D eigenvalue weighted by Crippen LogP contribution is -2.13. The van der Waals surface area contributed by atoms with Gasteiger partial charge in [0.05, 0.1) is 25.3 Å². The van der Waals surface area contributed by atoms with Crippen LogP contribution in [-0.4, -0.2) is 26.2 Å². The van der Waals surface area contributed by atoms with Crippen LogP contribution in [0.2, 0.25) is 0 Å². The third-order valence-corrected chi connectivity index (χ3v) is 3.95. The predicted octanol–water partition coefficient (Wildman–Crippen LogP) is 3.81. The average molecular weight is 344 g/mol. The summed E-state index contributed by atoms with van der Waals surface area (Å²) in [5, 5.41) is 1.36. The van der Waals surface area contributed by atoms with Crippen LogP contribution < -0.4 is 0 Å². The van der Waals surface area contributed by atoms with Crippen molar-refractivity contribution >= 4 is 22.7 Å². The Labute approximate surface area is 151 Å². The van der Waals surface area contributed by atoms with Crippen LogP contribution in [0.25, 0.3) is 10.8 Å². The highest BCUT2D eigenvalue weighted by Gasteiger charge is 2.23.